The summed E-state index contributed by atoms with van der Waals surface area (Å²) in [6, 6.07) is 3.90. The molecule has 1 aliphatic rings. The summed E-state index contributed by atoms with van der Waals surface area (Å²) in [7, 11) is 1.30. The molecule has 1 saturated heterocycles. The molecule has 2 heterocycles. The first-order valence-corrected chi connectivity index (χ1v) is 6.04. The van der Waals surface area contributed by atoms with Gasteiger partial charge in [-0.15, -0.1) is 0 Å². The molecule has 18 heavy (non-hydrogen) atoms. The fourth-order valence-corrected chi connectivity index (χ4v) is 2.29. The number of methoxy groups -OCH3 is 1. The Morgan fingerprint density at radius 3 is 2.72 bits per heavy atom. The van der Waals surface area contributed by atoms with Crippen LogP contribution in [0, 0.1) is 6.92 Å². The van der Waals surface area contributed by atoms with Crippen LogP contribution in [0.15, 0.2) is 18.3 Å². The second kappa shape index (κ2) is 4.94. The minimum Gasteiger partial charge on any atom is -0.467 e. The van der Waals surface area contributed by atoms with Crippen molar-refractivity contribution in [3.8, 4) is 0 Å². The lowest BCUT2D eigenvalue weighted by atomic mass is 9.91. The van der Waals surface area contributed by atoms with E-state index in [1.165, 1.54) is 7.11 Å². The third-order valence-corrected chi connectivity index (χ3v) is 3.44. The molecule has 0 aliphatic carbocycles. The van der Waals surface area contributed by atoms with Gasteiger partial charge in [0.15, 0.2) is 5.60 Å². The number of aromatic nitrogens is 1. The monoisotopic (exact) mass is 250 g/mol. The van der Waals surface area contributed by atoms with Gasteiger partial charge in [0.2, 0.25) is 0 Å². The molecule has 0 amide bonds. The van der Waals surface area contributed by atoms with Gasteiger partial charge < -0.3 is 14.7 Å². The maximum atomic E-state index is 11.5. The number of ether oxygens (including phenoxy) is 1. The van der Waals surface area contributed by atoms with E-state index in [4.69, 9.17) is 0 Å². The molecule has 1 N–H and O–H groups in total. The number of rotatable bonds is 2. The van der Waals surface area contributed by atoms with Gasteiger partial charge >= 0.3 is 5.97 Å². The molecule has 98 valence electrons. The number of hydrogen-bond acceptors (Lipinski definition) is 5. The van der Waals surface area contributed by atoms with E-state index >= 15 is 0 Å². The average molecular weight is 250 g/mol. The molecule has 1 aliphatic heterocycles. The first kappa shape index (κ1) is 12.8. The van der Waals surface area contributed by atoms with Gasteiger partial charge in [-0.2, -0.15) is 0 Å². The zero-order chi connectivity index (χ0) is 13.2. The molecule has 1 fully saturated rings. The van der Waals surface area contributed by atoms with Crippen LogP contribution in [0.1, 0.15) is 18.4 Å². The Kier molecular flexibility index (Phi) is 3.52. The number of aryl methyl sites for hydroxylation is 1. The smallest absolute Gasteiger partial charge is 0.337 e. The Bertz CT molecular complexity index is 440. The fourth-order valence-electron chi connectivity index (χ4n) is 2.29. The van der Waals surface area contributed by atoms with Crippen molar-refractivity contribution in [3.63, 3.8) is 0 Å². The molecule has 0 unspecified atom stereocenters. The summed E-state index contributed by atoms with van der Waals surface area (Å²) >= 11 is 0. The second-order valence-electron chi connectivity index (χ2n) is 4.65. The Morgan fingerprint density at radius 2 is 2.17 bits per heavy atom. The number of hydrogen-bond donors (Lipinski definition) is 1. The summed E-state index contributed by atoms with van der Waals surface area (Å²) in [5.74, 6) is 0.379. The summed E-state index contributed by atoms with van der Waals surface area (Å²) in [6.07, 6.45) is 2.49. The number of aliphatic hydroxyl groups is 1. The Balaban J connectivity index is 2.07. The molecule has 0 spiro atoms. The molecule has 1 aromatic rings. The topological polar surface area (TPSA) is 62.7 Å². The van der Waals surface area contributed by atoms with Crippen LogP contribution >= 0.6 is 0 Å². The number of esters is 1. The fraction of sp³-hybridized carbons (Fsp3) is 0.538. The van der Waals surface area contributed by atoms with Crippen LogP contribution in [-0.4, -0.2) is 41.9 Å². The van der Waals surface area contributed by atoms with Crippen molar-refractivity contribution >= 4 is 11.8 Å². The summed E-state index contributed by atoms with van der Waals surface area (Å²) in [4.78, 5) is 17.9. The molecule has 1 aromatic heterocycles. The number of pyridine rings is 1. The Hall–Kier alpha value is -1.62. The maximum absolute atomic E-state index is 11.5. The van der Waals surface area contributed by atoms with Gasteiger partial charge in [-0.05, 0) is 18.6 Å². The predicted molar refractivity (Wildman–Crippen MR) is 67.4 cm³/mol. The number of carbonyl (C=O) groups is 1. The summed E-state index contributed by atoms with van der Waals surface area (Å²) in [5.41, 5.74) is -0.241. The molecule has 0 atom stereocenters. The number of carbonyl (C=O) groups excluding carboxylic acids is 1. The molecule has 0 saturated carbocycles. The van der Waals surface area contributed by atoms with E-state index in [2.05, 4.69) is 14.6 Å². The Labute approximate surface area is 106 Å². The lowest BCUT2D eigenvalue weighted by molar-refractivity contribution is -0.164. The lowest BCUT2D eigenvalue weighted by Gasteiger charge is -2.37. The third-order valence-electron chi connectivity index (χ3n) is 3.44. The van der Waals surface area contributed by atoms with E-state index in [9.17, 15) is 9.90 Å². The molecule has 5 heteroatoms. The van der Waals surface area contributed by atoms with Gasteiger partial charge in [0.05, 0.1) is 7.11 Å². The molecular formula is C13H18N2O3. The summed E-state index contributed by atoms with van der Waals surface area (Å²) in [6.45, 7) is 3.20. The van der Waals surface area contributed by atoms with Gasteiger partial charge in [-0.25, -0.2) is 9.78 Å². The van der Waals surface area contributed by atoms with Gasteiger partial charge in [0.1, 0.15) is 5.82 Å². The maximum Gasteiger partial charge on any atom is 0.337 e. The van der Waals surface area contributed by atoms with Crippen molar-refractivity contribution in [1.82, 2.24) is 4.98 Å². The van der Waals surface area contributed by atoms with Crippen LogP contribution in [0.2, 0.25) is 0 Å². The van der Waals surface area contributed by atoms with E-state index in [0.29, 0.717) is 25.9 Å². The molecule has 0 radical (unpaired) electrons. The van der Waals surface area contributed by atoms with Crippen molar-refractivity contribution in [2.45, 2.75) is 25.4 Å². The number of piperidine rings is 1. The SMILES string of the molecule is COC(=O)C1(O)CCN(c2ncccc2C)CC1. The van der Waals surface area contributed by atoms with Crippen LogP contribution in [0.4, 0.5) is 5.82 Å². The molecule has 0 aromatic carbocycles. The van der Waals surface area contributed by atoms with Gasteiger partial charge in [-0.3, -0.25) is 0 Å². The van der Waals surface area contributed by atoms with E-state index in [-0.39, 0.29) is 0 Å². The minimum atomic E-state index is -1.34. The zero-order valence-electron chi connectivity index (χ0n) is 10.7. The highest BCUT2D eigenvalue weighted by atomic mass is 16.5. The number of nitrogens with zero attached hydrogens (tertiary/aromatic N) is 2. The molecule has 2 rings (SSSR count). The van der Waals surface area contributed by atoms with E-state index in [1.807, 2.05) is 19.1 Å². The highest BCUT2D eigenvalue weighted by Gasteiger charge is 2.40. The van der Waals surface area contributed by atoms with E-state index < -0.39 is 11.6 Å². The van der Waals surface area contributed by atoms with E-state index in [0.717, 1.165) is 11.4 Å². The first-order chi connectivity index (χ1) is 8.57. The average Bonchev–Trinajstić information content (AvgIpc) is 2.39. The quantitative estimate of drug-likeness (QED) is 0.790. The predicted octanol–water partition coefficient (Wildman–Crippen LogP) is 0.894. The zero-order valence-corrected chi connectivity index (χ0v) is 10.7. The van der Waals surface area contributed by atoms with Crippen LogP contribution < -0.4 is 4.90 Å². The van der Waals surface area contributed by atoms with Gasteiger partial charge in [0.25, 0.3) is 0 Å². The van der Waals surface area contributed by atoms with Crippen molar-refractivity contribution in [2.75, 3.05) is 25.1 Å². The second-order valence-corrected chi connectivity index (χ2v) is 4.65. The van der Waals surface area contributed by atoms with Crippen LogP contribution in [0.3, 0.4) is 0 Å². The first-order valence-electron chi connectivity index (χ1n) is 6.04. The largest absolute Gasteiger partial charge is 0.467 e. The third kappa shape index (κ3) is 2.31. The lowest BCUT2D eigenvalue weighted by Crippen LogP contribution is -2.50. The van der Waals surface area contributed by atoms with Gasteiger partial charge in [0, 0.05) is 32.1 Å². The van der Waals surface area contributed by atoms with Crippen molar-refractivity contribution in [3.05, 3.63) is 23.9 Å². The van der Waals surface area contributed by atoms with Gasteiger partial charge in [-0.1, -0.05) is 6.07 Å². The molecular weight excluding hydrogens is 232 g/mol. The molecule has 0 bridgehead atoms. The number of anilines is 1. The van der Waals surface area contributed by atoms with E-state index in [1.54, 1.807) is 6.20 Å². The van der Waals surface area contributed by atoms with Crippen molar-refractivity contribution in [2.24, 2.45) is 0 Å². The van der Waals surface area contributed by atoms with Crippen molar-refractivity contribution < 1.29 is 14.6 Å². The highest BCUT2D eigenvalue weighted by Crippen LogP contribution is 2.27. The molecule has 5 nitrogen and oxygen atoms in total. The summed E-state index contributed by atoms with van der Waals surface area (Å²) in [5, 5.41) is 10.2. The standard InChI is InChI=1S/C13H18N2O3/c1-10-4-3-7-14-11(10)15-8-5-13(17,6-9-15)12(16)18-2/h3-4,7,17H,5-6,8-9H2,1-2H3. The Morgan fingerprint density at radius 1 is 1.50 bits per heavy atom. The van der Waals surface area contributed by atoms with Crippen LogP contribution in [-0.2, 0) is 9.53 Å². The van der Waals surface area contributed by atoms with Crippen molar-refractivity contribution in [1.29, 1.82) is 0 Å². The minimum absolute atomic E-state index is 0.371. The van der Waals surface area contributed by atoms with Crippen LogP contribution in [0.5, 0.6) is 0 Å². The summed E-state index contributed by atoms with van der Waals surface area (Å²) < 4.78 is 4.63. The highest BCUT2D eigenvalue weighted by molar-refractivity contribution is 5.79. The van der Waals surface area contributed by atoms with Crippen LogP contribution in [0.25, 0.3) is 0 Å². The normalized spacial score (nSPS) is 18.5.